The van der Waals surface area contributed by atoms with Crippen molar-refractivity contribution in [2.75, 3.05) is 0 Å². The smallest absolute Gasteiger partial charge is 0.171 e. The summed E-state index contributed by atoms with van der Waals surface area (Å²) < 4.78 is 35.6. The van der Waals surface area contributed by atoms with E-state index in [-0.39, 0.29) is 6.42 Å². The van der Waals surface area contributed by atoms with Crippen LogP contribution < -0.4 is 0 Å². The molecule has 1 atom stereocenters. The average Bonchev–Trinajstić information content (AvgIpc) is 2.14. The van der Waals surface area contributed by atoms with Gasteiger partial charge in [0, 0.05) is 6.42 Å². The lowest BCUT2D eigenvalue weighted by Gasteiger charge is -2.11. The topological polar surface area (TPSA) is 0 Å². The molecule has 0 aromatic heterocycles. The van der Waals surface area contributed by atoms with Crippen molar-refractivity contribution in [1.82, 2.24) is 0 Å². The molecule has 0 heterocycles. The minimum atomic E-state index is -4.12. The zero-order chi connectivity index (χ0) is 10.6. The molecule has 0 saturated carbocycles. The first-order chi connectivity index (χ1) is 6.49. The van der Waals surface area contributed by atoms with Gasteiger partial charge in [0.1, 0.15) is 0 Å². The molecule has 0 nitrogen and oxygen atoms in total. The Kier molecular flexibility index (Phi) is 3.81. The highest BCUT2D eigenvalue weighted by molar-refractivity contribution is 6.20. The third kappa shape index (κ3) is 4.01. The summed E-state index contributed by atoms with van der Waals surface area (Å²) in [6, 6.07) is 8.79. The first-order valence-corrected chi connectivity index (χ1v) is 4.68. The van der Waals surface area contributed by atoms with Gasteiger partial charge in [-0.25, -0.2) is 0 Å². The standard InChI is InChI=1S/C10H10ClF3/c11-9(6-7-10(12,13)14)8-4-2-1-3-5-8/h1-5,9H,6-7H2. The fraction of sp³-hybridized carbons (Fsp3) is 0.400. The second kappa shape index (κ2) is 4.69. The first kappa shape index (κ1) is 11.4. The van der Waals surface area contributed by atoms with Gasteiger partial charge in [0.25, 0.3) is 0 Å². The van der Waals surface area contributed by atoms with Gasteiger partial charge in [-0.15, -0.1) is 11.6 Å². The Labute approximate surface area is 85.7 Å². The van der Waals surface area contributed by atoms with Gasteiger partial charge in [-0.1, -0.05) is 30.3 Å². The molecule has 1 aromatic rings. The zero-order valence-corrected chi connectivity index (χ0v) is 8.15. The lowest BCUT2D eigenvalue weighted by Crippen LogP contribution is -2.08. The molecule has 0 fully saturated rings. The predicted molar refractivity (Wildman–Crippen MR) is 50.3 cm³/mol. The first-order valence-electron chi connectivity index (χ1n) is 4.25. The monoisotopic (exact) mass is 222 g/mol. The summed E-state index contributed by atoms with van der Waals surface area (Å²) in [7, 11) is 0. The molecule has 0 saturated heterocycles. The maximum Gasteiger partial charge on any atom is 0.389 e. The van der Waals surface area contributed by atoms with Crippen molar-refractivity contribution in [1.29, 1.82) is 0 Å². The molecule has 0 aliphatic rings. The van der Waals surface area contributed by atoms with Gasteiger partial charge in [-0.2, -0.15) is 13.2 Å². The van der Waals surface area contributed by atoms with Gasteiger partial charge in [0.2, 0.25) is 0 Å². The summed E-state index contributed by atoms with van der Waals surface area (Å²) >= 11 is 5.81. The lowest BCUT2D eigenvalue weighted by molar-refractivity contribution is -0.135. The normalized spacial score (nSPS) is 14.0. The van der Waals surface area contributed by atoms with E-state index in [1.165, 1.54) is 0 Å². The number of alkyl halides is 4. The molecule has 1 aromatic carbocycles. The molecule has 0 bridgehead atoms. The van der Waals surface area contributed by atoms with Crippen LogP contribution in [0.2, 0.25) is 0 Å². The van der Waals surface area contributed by atoms with Crippen molar-refractivity contribution < 1.29 is 13.2 Å². The molecule has 1 rings (SSSR count). The van der Waals surface area contributed by atoms with Gasteiger partial charge in [-0.3, -0.25) is 0 Å². The van der Waals surface area contributed by atoms with Crippen LogP contribution in [0.15, 0.2) is 30.3 Å². The molecule has 78 valence electrons. The second-order valence-electron chi connectivity index (χ2n) is 3.03. The molecule has 1 unspecified atom stereocenters. The average molecular weight is 223 g/mol. The molecule has 14 heavy (non-hydrogen) atoms. The van der Waals surface area contributed by atoms with Crippen LogP contribution in [0.4, 0.5) is 13.2 Å². The number of hydrogen-bond donors (Lipinski definition) is 0. The van der Waals surface area contributed by atoms with E-state index in [2.05, 4.69) is 0 Å². The number of hydrogen-bond acceptors (Lipinski definition) is 0. The maximum absolute atomic E-state index is 11.9. The van der Waals surface area contributed by atoms with E-state index >= 15 is 0 Å². The Morgan fingerprint density at radius 1 is 1.14 bits per heavy atom. The Morgan fingerprint density at radius 2 is 1.71 bits per heavy atom. The van der Waals surface area contributed by atoms with Crippen molar-refractivity contribution >= 4 is 11.6 Å². The third-order valence-corrected chi connectivity index (χ3v) is 2.31. The van der Waals surface area contributed by atoms with Crippen molar-refractivity contribution in [3.05, 3.63) is 35.9 Å². The molecular formula is C10H10ClF3. The van der Waals surface area contributed by atoms with Crippen LogP contribution in [0.3, 0.4) is 0 Å². The number of rotatable bonds is 3. The van der Waals surface area contributed by atoms with Gasteiger partial charge in [-0.05, 0) is 12.0 Å². The fourth-order valence-electron chi connectivity index (χ4n) is 1.12. The van der Waals surface area contributed by atoms with E-state index in [1.54, 1.807) is 30.3 Å². The Bertz CT molecular complexity index is 268. The molecule has 0 spiro atoms. The second-order valence-corrected chi connectivity index (χ2v) is 3.56. The minimum Gasteiger partial charge on any atom is -0.171 e. The fourth-order valence-corrected chi connectivity index (χ4v) is 1.37. The van der Waals surface area contributed by atoms with Crippen molar-refractivity contribution in [2.24, 2.45) is 0 Å². The summed E-state index contributed by atoms with van der Waals surface area (Å²) in [5.41, 5.74) is 0.735. The van der Waals surface area contributed by atoms with Crippen LogP contribution in [-0.2, 0) is 0 Å². The Hall–Kier alpha value is -0.700. The molecule has 0 N–H and O–H groups in total. The van der Waals surface area contributed by atoms with Crippen LogP contribution in [0, 0.1) is 0 Å². The molecule has 0 amide bonds. The Morgan fingerprint density at radius 3 is 2.21 bits per heavy atom. The van der Waals surface area contributed by atoms with Gasteiger partial charge in [0.15, 0.2) is 0 Å². The van der Waals surface area contributed by atoms with Crippen LogP contribution in [0.1, 0.15) is 23.8 Å². The van der Waals surface area contributed by atoms with Crippen molar-refractivity contribution in [2.45, 2.75) is 24.4 Å². The molecule has 0 aliphatic carbocycles. The zero-order valence-electron chi connectivity index (χ0n) is 7.39. The van der Waals surface area contributed by atoms with Crippen LogP contribution in [0.5, 0.6) is 0 Å². The van der Waals surface area contributed by atoms with Crippen LogP contribution in [0.25, 0.3) is 0 Å². The summed E-state index contributed by atoms with van der Waals surface area (Å²) in [6.45, 7) is 0. The molecule has 0 aliphatic heterocycles. The quantitative estimate of drug-likeness (QED) is 0.669. The molecular weight excluding hydrogens is 213 g/mol. The van der Waals surface area contributed by atoms with Crippen molar-refractivity contribution in [3.63, 3.8) is 0 Å². The van der Waals surface area contributed by atoms with Crippen LogP contribution in [-0.4, -0.2) is 6.18 Å². The van der Waals surface area contributed by atoms with E-state index in [0.717, 1.165) is 5.56 Å². The molecule has 0 radical (unpaired) electrons. The third-order valence-electron chi connectivity index (χ3n) is 1.84. The number of benzene rings is 1. The maximum atomic E-state index is 11.9. The van der Waals surface area contributed by atoms with Crippen LogP contribution >= 0.6 is 11.6 Å². The van der Waals surface area contributed by atoms with Gasteiger partial charge >= 0.3 is 6.18 Å². The molecule has 4 heteroatoms. The van der Waals surface area contributed by atoms with E-state index in [0.29, 0.717) is 0 Å². The number of halogens is 4. The largest absolute Gasteiger partial charge is 0.389 e. The highest BCUT2D eigenvalue weighted by Gasteiger charge is 2.28. The predicted octanol–water partition coefficient (Wildman–Crippen LogP) is 4.31. The van der Waals surface area contributed by atoms with E-state index in [1.807, 2.05) is 0 Å². The highest BCUT2D eigenvalue weighted by Crippen LogP contribution is 2.31. The van der Waals surface area contributed by atoms with E-state index in [9.17, 15) is 13.2 Å². The summed E-state index contributed by atoms with van der Waals surface area (Å²) in [5.74, 6) is 0. The summed E-state index contributed by atoms with van der Waals surface area (Å²) in [4.78, 5) is 0. The van der Waals surface area contributed by atoms with Gasteiger partial charge < -0.3 is 0 Å². The SMILES string of the molecule is FC(F)(F)CCC(Cl)c1ccccc1. The highest BCUT2D eigenvalue weighted by atomic mass is 35.5. The lowest BCUT2D eigenvalue weighted by atomic mass is 10.1. The summed E-state index contributed by atoms with van der Waals surface area (Å²) in [6.07, 6.45) is -5.03. The van der Waals surface area contributed by atoms with Gasteiger partial charge in [0.05, 0.1) is 5.38 Å². The minimum absolute atomic E-state index is 0.0743. The Balaban J connectivity index is 2.48. The van der Waals surface area contributed by atoms with E-state index in [4.69, 9.17) is 11.6 Å². The summed E-state index contributed by atoms with van der Waals surface area (Å²) in [5, 5.41) is -0.558. The van der Waals surface area contributed by atoms with Crippen molar-refractivity contribution in [3.8, 4) is 0 Å². The van der Waals surface area contributed by atoms with E-state index < -0.39 is 18.0 Å².